The van der Waals surface area contributed by atoms with Crippen molar-refractivity contribution in [2.45, 2.75) is 0 Å². The maximum absolute atomic E-state index is 13.7. The van der Waals surface area contributed by atoms with Crippen molar-refractivity contribution in [3.05, 3.63) is 57.8 Å². The van der Waals surface area contributed by atoms with Crippen LogP contribution in [0.1, 0.15) is 10.4 Å². The van der Waals surface area contributed by atoms with Crippen molar-refractivity contribution >= 4 is 21.9 Å². The molecule has 6 heteroatoms. The van der Waals surface area contributed by atoms with Crippen LogP contribution in [0.5, 0.6) is 0 Å². The Balaban J connectivity index is 2.61. The van der Waals surface area contributed by atoms with Crippen molar-refractivity contribution in [3.8, 4) is 11.1 Å². The minimum absolute atomic E-state index is 0.0158. The van der Waals surface area contributed by atoms with E-state index in [0.29, 0.717) is 4.47 Å². The van der Waals surface area contributed by atoms with Gasteiger partial charge < -0.3 is 5.11 Å². The Morgan fingerprint density at radius 1 is 1.00 bits per heavy atom. The van der Waals surface area contributed by atoms with Gasteiger partial charge in [0.2, 0.25) is 0 Å². The van der Waals surface area contributed by atoms with Crippen LogP contribution in [0.15, 0.2) is 34.8 Å². The highest BCUT2D eigenvalue weighted by molar-refractivity contribution is 9.10. The van der Waals surface area contributed by atoms with E-state index >= 15 is 0 Å². The monoisotopic (exact) mass is 330 g/mol. The molecule has 0 radical (unpaired) electrons. The third-order valence-corrected chi connectivity index (χ3v) is 2.99. The maximum atomic E-state index is 13.7. The number of hydrogen-bond donors (Lipinski definition) is 1. The summed E-state index contributed by atoms with van der Waals surface area (Å²) in [5.41, 5.74) is -1.13. The van der Waals surface area contributed by atoms with Gasteiger partial charge in [-0.25, -0.2) is 18.0 Å². The van der Waals surface area contributed by atoms with Crippen LogP contribution in [-0.2, 0) is 0 Å². The Morgan fingerprint density at radius 3 is 2.05 bits per heavy atom. The lowest BCUT2D eigenvalue weighted by atomic mass is 10.0. The Hall–Kier alpha value is -1.82. The van der Waals surface area contributed by atoms with E-state index in [1.807, 2.05) is 0 Å². The van der Waals surface area contributed by atoms with Crippen LogP contribution < -0.4 is 0 Å². The van der Waals surface area contributed by atoms with Gasteiger partial charge in [-0.05, 0) is 29.8 Å². The number of aromatic carboxylic acids is 1. The molecule has 2 rings (SSSR count). The van der Waals surface area contributed by atoms with Crippen molar-refractivity contribution in [3.63, 3.8) is 0 Å². The summed E-state index contributed by atoms with van der Waals surface area (Å²) in [5.74, 6) is -4.87. The number of carboxylic acid groups (broad SMARTS) is 1. The minimum atomic E-state index is -1.71. The lowest BCUT2D eigenvalue weighted by Gasteiger charge is -2.07. The second-order valence-electron chi connectivity index (χ2n) is 3.74. The van der Waals surface area contributed by atoms with Gasteiger partial charge in [0.1, 0.15) is 23.0 Å². The lowest BCUT2D eigenvalue weighted by molar-refractivity contribution is 0.0686. The molecule has 2 aromatic carbocycles. The van der Waals surface area contributed by atoms with Gasteiger partial charge in [0, 0.05) is 10.0 Å². The molecular weight excluding hydrogens is 325 g/mol. The summed E-state index contributed by atoms with van der Waals surface area (Å²) in [6.45, 7) is 0. The Morgan fingerprint density at radius 2 is 1.58 bits per heavy atom. The fourth-order valence-corrected chi connectivity index (χ4v) is 1.99. The van der Waals surface area contributed by atoms with E-state index in [1.54, 1.807) is 0 Å². The Labute approximate surface area is 114 Å². The molecule has 2 nitrogen and oxygen atoms in total. The topological polar surface area (TPSA) is 37.3 Å². The molecule has 0 spiro atoms. The van der Waals surface area contributed by atoms with E-state index in [0.717, 1.165) is 18.2 Å². The van der Waals surface area contributed by atoms with Gasteiger partial charge in [-0.3, -0.25) is 0 Å². The number of carbonyl (C=O) groups is 1. The summed E-state index contributed by atoms with van der Waals surface area (Å²) in [4.78, 5) is 10.6. The molecule has 0 saturated carbocycles. The number of hydrogen-bond acceptors (Lipinski definition) is 1. The summed E-state index contributed by atoms with van der Waals surface area (Å²) in [7, 11) is 0. The van der Waals surface area contributed by atoms with Crippen LogP contribution in [0.25, 0.3) is 11.1 Å². The zero-order valence-corrected chi connectivity index (χ0v) is 10.8. The molecule has 1 N–H and O–H groups in total. The quantitative estimate of drug-likeness (QED) is 0.894. The predicted octanol–water partition coefficient (Wildman–Crippen LogP) is 4.23. The lowest BCUT2D eigenvalue weighted by Crippen LogP contribution is -2.05. The van der Waals surface area contributed by atoms with Gasteiger partial charge in [-0.1, -0.05) is 22.0 Å². The molecule has 0 saturated heterocycles. The molecule has 0 aliphatic rings. The van der Waals surface area contributed by atoms with Crippen molar-refractivity contribution in [1.29, 1.82) is 0 Å². The van der Waals surface area contributed by atoms with E-state index in [1.165, 1.54) is 12.1 Å². The summed E-state index contributed by atoms with van der Waals surface area (Å²) in [6, 6.07) is 5.58. The van der Waals surface area contributed by atoms with Gasteiger partial charge >= 0.3 is 5.97 Å². The third kappa shape index (κ3) is 2.63. The molecule has 0 heterocycles. The number of carboxylic acids is 1. The van der Waals surface area contributed by atoms with Crippen LogP contribution >= 0.6 is 15.9 Å². The normalized spacial score (nSPS) is 10.5. The minimum Gasteiger partial charge on any atom is -0.477 e. The van der Waals surface area contributed by atoms with Crippen LogP contribution in [0.3, 0.4) is 0 Å². The summed E-state index contributed by atoms with van der Waals surface area (Å²) < 4.78 is 41.2. The molecule has 0 bridgehead atoms. The zero-order chi connectivity index (χ0) is 14.2. The molecule has 0 fully saturated rings. The molecule has 0 aromatic heterocycles. The van der Waals surface area contributed by atoms with E-state index in [4.69, 9.17) is 5.11 Å². The Bertz CT molecular complexity index is 648. The fraction of sp³-hybridized carbons (Fsp3) is 0. The van der Waals surface area contributed by atoms with Crippen molar-refractivity contribution in [2.24, 2.45) is 0 Å². The molecule has 0 aliphatic heterocycles. The first-order valence-electron chi connectivity index (χ1n) is 5.08. The van der Waals surface area contributed by atoms with E-state index in [9.17, 15) is 18.0 Å². The smallest absolute Gasteiger partial charge is 0.341 e. The number of halogens is 4. The highest BCUT2D eigenvalue weighted by atomic mass is 79.9. The van der Waals surface area contributed by atoms with Crippen molar-refractivity contribution in [1.82, 2.24) is 0 Å². The molecule has 19 heavy (non-hydrogen) atoms. The average Bonchev–Trinajstić information content (AvgIpc) is 2.26. The van der Waals surface area contributed by atoms with Gasteiger partial charge in [0.15, 0.2) is 0 Å². The van der Waals surface area contributed by atoms with Gasteiger partial charge in [0.05, 0.1) is 0 Å². The van der Waals surface area contributed by atoms with Crippen LogP contribution in [-0.4, -0.2) is 11.1 Å². The second kappa shape index (κ2) is 5.05. The summed E-state index contributed by atoms with van der Waals surface area (Å²) in [6.07, 6.45) is 0. The molecular formula is C13H6BrF3O2. The van der Waals surface area contributed by atoms with E-state index in [-0.39, 0.29) is 11.1 Å². The van der Waals surface area contributed by atoms with Crippen LogP contribution in [0.4, 0.5) is 13.2 Å². The molecule has 0 aliphatic carbocycles. The largest absolute Gasteiger partial charge is 0.477 e. The Kier molecular flexibility index (Phi) is 3.61. The number of rotatable bonds is 2. The first kappa shape index (κ1) is 13.6. The molecule has 0 amide bonds. The molecule has 98 valence electrons. The van der Waals surface area contributed by atoms with Gasteiger partial charge in [-0.2, -0.15) is 0 Å². The average molecular weight is 331 g/mol. The van der Waals surface area contributed by atoms with E-state index in [2.05, 4.69) is 15.9 Å². The van der Waals surface area contributed by atoms with Crippen molar-refractivity contribution in [2.75, 3.05) is 0 Å². The van der Waals surface area contributed by atoms with Crippen LogP contribution in [0.2, 0.25) is 0 Å². The summed E-state index contributed by atoms with van der Waals surface area (Å²) >= 11 is 3.06. The highest BCUT2D eigenvalue weighted by Gasteiger charge is 2.19. The van der Waals surface area contributed by atoms with Gasteiger partial charge in [0.25, 0.3) is 0 Å². The molecule has 0 atom stereocenters. The standard InChI is InChI=1S/C13H6BrF3O2/c14-7-1-2-8(9(15)5-7)6-3-10(16)12(13(18)19)11(17)4-6/h1-5H,(H,18,19). The zero-order valence-electron chi connectivity index (χ0n) is 9.25. The predicted molar refractivity (Wildman–Crippen MR) is 66.4 cm³/mol. The maximum Gasteiger partial charge on any atom is 0.341 e. The molecule has 0 unspecified atom stereocenters. The number of benzene rings is 2. The molecule has 2 aromatic rings. The van der Waals surface area contributed by atoms with E-state index < -0.39 is 29.0 Å². The van der Waals surface area contributed by atoms with Crippen LogP contribution in [0, 0.1) is 17.5 Å². The summed E-state index contributed by atoms with van der Waals surface area (Å²) in [5, 5.41) is 8.64. The third-order valence-electron chi connectivity index (χ3n) is 2.50. The first-order chi connectivity index (χ1) is 8.90. The van der Waals surface area contributed by atoms with Crippen molar-refractivity contribution < 1.29 is 23.1 Å². The van der Waals surface area contributed by atoms with Gasteiger partial charge in [-0.15, -0.1) is 0 Å². The highest BCUT2D eigenvalue weighted by Crippen LogP contribution is 2.28. The SMILES string of the molecule is O=C(O)c1c(F)cc(-c2ccc(Br)cc2F)cc1F. The first-order valence-corrected chi connectivity index (χ1v) is 5.87. The fourth-order valence-electron chi connectivity index (χ4n) is 1.66. The second-order valence-corrected chi connectivity index (χ2v) is 4.66.